The minimum atomic E-state index is -0.908. The molecule has 0 atom stereocenters. The fourth-order valence-electron chi connectivity index (χ4n) is 3.94. The number of urea groups is 1. The molecule has 1 aliphatic carbocycles. The first-order chi connectivity index (χ1) is 13.4. The number of oxazole rings is 1. The van der Waals surface area contributed by atoms with E-state index in [-0.39, 0.29) is 13.0 Å². The number of imide groups is 1. The fourth-order valence-corrected chi connectivity index (χ4v) is 3.94. The quantitative estimate of drug-likeness (QED) is 0.774. The van der Waals surface area contributed by atoms with Gasteiger partial charge in [-0.15, -0.1) is 0 Å². The van der Waals surface area contributed by atoms with Crippen molar-refractivity contribution in [3.8, 4) is 0 Å². The lowest BCUT2D eigenvalue weighted by molar-refractivity contribution is -0.140. The van der Waals surface area contributed by atoms with E-state index in [0.29, 0.717) is 29.9 Å². The number of nitrogens with one attached hydrogen (secondary N) is 2. The molecule has 1 aromatic carbocycles. The van der Waals surface area contributed by atoms with Gasteiger partial charge in [-0.1, -0.05) is 19.1 Å². The molecule has 0 unspecified atom stereocenters. The van der Waals surface area contributed by atoms with E-state index in [0.717, 1.165) is 17.9 Å². The molecule has 0 radical (unpaired) electrons. The predicted octanol–water partition coefficient (Wildman–Crippen LogP) is 1.52. The van der Waals surface area contributed by atoms with E-state index in [1.807, 2.05) is 0 Å². The zero-order valence-corrected chi connectivity index (χ0v) is 15.6. The van der Waals surface area contributed by atoms with Gasteiger partial charge in [0.2, 0.25) is 5.91 Å². The van der Waals surface area contributed by atoms with Crippen LogP contribution in [0.3, 0.4) is 0 Å². The summed E-state index contributed by atoms with van der Waals surface area (Å²) in [6, 6.07) is 6.31. The number of amides is 4. The van der Waals surface area contributed by atoms with Crippen LogP contribution in [0.15, 0.2) is 33.5 Å². The molecule has 2 N–H and O–H groups in total. The molecule has 2 aromatic rings. The first-order valence-electron chi connectivity index (χ1n) is 9.44. The van der Waals surface area contributed by atoms with Crippen LogP contribution in [0.5, 0.6) is 0 Å². The van der Waals surface area contributed by atoms with E-state index in [9.17, 15) is 19.2 Å². The maximum Gasteiger partial charge on any atom is 0.419 e. The second kappa shape index (κ2) is 6.81. The highest BCUT2D eigenvalue weighted by molar-refractivity contribution is 6.08. The summed E-state index contributed by atoms with van der Waals surface area (Å²) in [6.07, 6.45) is 2.77. The van der Waals surface area contributed by atoms with Crippen molar-refractivity contribution in [1.29, 1.82) is 0 Å². The molecule has 9 nitrogen and oxygen atoms in total. The van der Waals surface area contributed by atoms with Gasteiger partial charge in [0.15, 0.2) is 5.58 Å². The Morgan fingerprint density at radius 1 is 1.25 bits per heavy atom. The van der Waals surface area contributed by atoms with Gasteiger partial charge in [-0.05, 0) is 43.7 Å². The molecule has 4 rings (SSSR count). The average Bonchev–Trinajstić information content (AvgIpc) is 3.11. The Morgan fingerprint density at radius 3 is 2.71 bits per heavy atom. The number of fused-ring (bicyclic) bond motifs is 1. The molecule has 148 valence electrons. The summed E-state index contributed by atoms with van der Waals surface area (Å²) in [5, 5.41) is 3.52. The number of carbonyl (C=O) groups excluding carboxylic acids is 3. The third-order valence-electron chi connectivity index (χ3n) is 5.66. The molecule has 2 heterocycles. The summed E-state index contributed by atoms with van der Waals surface area (Å²) in [5.74, 6) is -0.980. The largest absolute Gasteiger partial charge is 0.419 e. The van der Waals surface area contributed by atoms with Crippen molar-refractivity contribution in [3.63, 3.8) is 0 Å². The number of carbonyl (C=O) groups is 3. The number of hydrogen-bond donors (Lipinski definition) is 2. The SMILES string of the molecule is CC1CCC2(CC1)NC(=O)N(NC(=O)CCn1c(=O)oc3ccccc31)C2=O. The molecule has 1 aliphatic heterocycles. The lowest BCUT2D eigenvalue weighted by Crippen LogP contribution is -2.51. The van der Waals surface area contributed by atoms with Crippen molar-refractivity contribution in [2.75, 3.05) is 0 Å². The molecule has 1 saturated carbocycles. The number of hydrazine groups is 1. The zero-order valence-electron chi connectivity index (χ0n) is 15.6. The van der Waals surface area contributed by atoms with Crippen LogP contribution in [0.2, 0.25) is 0 Å². The molecular weight excluding hydrogens is 364 g/mol. The molecule has 0 bridgehead atoms. The van der Waals surface area contributed by atoms with Crippen molar-refractivity contribution in [3.05, 3.63) is 34.8 Å². The summed E-state index contributed by atoms with van der Waals surface area (Å²) >= 11 is 0. The van der Waals surface area contributed by atoms with Crippen LogP contribution in [-0.4, -0.2) is 33.0 Å². The molecule has 2 aliphatic rings. The number of benzene rings is 1. The summed E-state index contributed by atoms with van der Waals surface area (Å²) < 4.78 is 6.48. The number of rotatable bonds is 4. The van der Waals surface area contributed by atoms with E-state index in [1.165, 1.54) is 4.57 Å². The third kappa shape index (κ3) is 3.06. The molecule has 1 saturated heterocycles. The van der Waals surface area contributed by atoms with Crippen LogP contribution in [0.4, 0.5) is 4.79 Å². The van der Waals surface area contributed by atoms with Crippen LogP contribution in [0.25, 0.3) is 11.1 Å². The summed E-state index contributed by atoms with van der Waals surface area (Å²) in [7, 11) is 0. The fraction of sp³-hybridized carbons (Fsp3) is 0.474. The van der Waals surface area contributed by atoms with Gasteiger partial charge in [-0.25, -0.2) is 9.59 Å². The van der Waals surface area contributed by atoms with E-state index >= 15 is 0 Å². The standard InChI is InChI=1S/C19H22N4O5/c1-12-6-9-19(10-7-12)16(25)23(17(26)20-19)21-15(24)8-11-22-13-4-2-3-5-14(13)28-18(22)27/h2-5,12H,6-11H2,1H3,(H,20,26)(H,21,24). The average molecular weight is 386 g/mol. The number of aromatic nitrogens is 1. The highest BCUT2D eigenvalue weighted by Crippen LogP contribution is 2.35. The molecule has 1 aromatic heterocycles. The minimum Gasteiger partial charge on any atom is -0.408 e. The maximum atomic E-state index is 12.8. The summed E-state index contributed by atoms with van der Waals surface area (Å²) in [4.78, 5) is 49.3. The Kier molecular flexibility index (Phi) is 4.44. The predicted molar refractivity (Wildman–Crippen MR) is 99.0 cm³/mol. The van der Waals surface area contributed by atoms with Gasteiger partial charge in [0.05, 0.1) is 5.52 Å². The minimum absolute atomic E-state index is 0.0774. The Hall–Kier alpha value is -3.10. The van der Waals surface area contributed by atoms with Crippen molar-refractivity contribution in [2.24, 2.45) is 5.92 Å². The van der Waals surface area contributed by atoms with Crippen molar-refractivity contribution >= 4 is 28.9 Å². The second-order valence-corrected chi connectivity index (χ2v) is 7.61. The monoisotopic (exact) mass is 386 g/mol. The third-order valence-corrected chi connectivity index (χ3v) is 5.66. The topological polar surface area (TPSA) is 114 Å². The maximum absolute atomic E-state index is 12.8. The Bertz CT molecular complexity index is 999. The smallest absolute Gasteiger partial charge is 0.408 e. The molecule has 28 heavy (non-hydrogen) atoms. The van der Waals surface area contributed by atoms with Gasteiger partial charge in [0.1, 0.15) is 5.54 Å². The zero-order chi connectivity index (χ0) is 19.9. The van der Waals surface area contributed by atoms with Crippen molar-refractivity contribution in [1.82, 2.24) is 20.3 Å². The van der Waals surface area contributed by atoms with Gasteiger partial charge >= 0.3 is 11.8 Å². The number of hydrogen-bond acceptors (Lipinski definition) is 5. The number of para-hydroxylation sites is 2. The Labute approximate surface area is 160 Å². The molecule has 2 fully saturated rings. The normalized spacial score (nSPS) is 24.8. The Morgan fingerprint density at radius 2 is 1.96 bits per heavy atom. The van der Waals surface area contributed by atoms with Crippen LogP contribution in [0, 0.1) is 5.92 Å². The van der Waals surface area contributed by atoms with Gasteiger partial charge in [-0.2, -0.15) is 5.01 Å². The van der Waals surface area contributed by atoms with Gasteiger partial charge in [-0.3, -0.25) is 19.6 Å². The van der Waals surface area contributed by atoms with Crippen LogP contribution in [-0.2, 0) is 16.1 Å². The lowest BCUT2D eigenvalue weighted by Gasteiger charge is -2.33. The summed E-state index contributed by atoms with van der Waals surface area (Å²) in [5.41, 5.74) is 2.50. The number of aryl methyl sites for hydroxylation is 1. The lowest BCUT2D eigenvalue weighted by atomic mass is 9.77. The van der Waals surface area contributed by atoms with Crippen LogP contribution < -0.4 is 16.5 Å². The van der Waals surface area contributed by atoms with Gasteiger partial charge in [0, 0.05) is 13.0 Å². The van der Waals surface area contributed by atoms with Gasteiger partial charge < -0.3 is 9.73 Å². The van der Waals surface area contributed by atoms with Crippen molar-refractivity contribution in [2.45, 2.75) is 51.1 Å². The van der Waals surface area contributed by atoms with E-state index in [1.54, 1.807) is 24.3 Å². The Balaban J connectivity index is 1.41. The number of nitrogens with zero attached hydrogens (tertiary/aromatic N) is 2. The first-order valence-corrected chi connectivity index (χ1v) is 9.44. The molecule has 4 amide bonds. The van der Waals surface area contributed by atoms with Crippen LogP contribution >= 0.6 is 0 Å². The molecule has 9 heteroatoms. The van der Waals surface area contributed by atoms with E-state index in [4.69, 9.17) is 4.42 Å². The second-order valence-electron chi connectivity index (χ2n) is 7.61. The van der Waals surface area contributed by atoms with Crippen LogP contribution in [0.1, 0.15) is 39.0 Å². The van der Waals surface area contributed by atoms with Crippen molar-refractivity contribution < 1.29 is 18.8 Å². The van der Waals surface area contributed by atoms with E-state index in [2.05, 4.69) is 17.7 Å². The summed E-state index contributed by atoms with van der Waals surface area (Å²) in [6.45, 7) is 2.20. The van der Waals surface area contributed by atoms with E-state index < -0.39 is 29.1 Å². The highest BCUT2D eigenvalue weighted by atomic mass is 16.4. The molecular formula is C19H22N4O5. The highest BCUT2D eigenvalue weighted by Gasteiger charge is 2.52. The van der Waals surface area contributed by atoms with Gasteiger partial charge in [0.25, 0.3) is 5.91 Å². The first kappa shape index (κ1) is 18.3. The molecule has 1 spiro atoms.